The second-order valence-electron chi connectivity index (χ2n) is 4.28. The fraction of sp³-hybridized carbons (Fsp3) is 0.333. The van der Waals surface area contributed by atoms with Crippen molar-refractivity contribution >= 4 is 27.6 Å². The van der Waals surface area contributed by atoms with E-state index in [4.69, 9.17) is 22.0 Å². The molecule has 0 saturated heterocycles. The lowest BCUT2D eigenvalue weighted by Gasteiger charge is -2.19. The maximum atomic E-state index is 12.3. The zero-order valence-corrected chi connectivity index (χ0v) is 12.4. The van der Waals surface area contributed by atoms with Crippen LogP contribution in [0.15, 0.2) is 23.1 Å². The van der Waals surface area contributed by atoms with Crippen molar-refractivity contribution in [3.63, 3.8) is 0 Å². The third kappa shape index (κ3) is 3.48. The molecule has 1 aromatic rings. The summed E-state index contributed by atoms with van der Waals surface area (Å²) in [7, 11) is -2.61. The highest BCUT2D eigenvalue weighted by Crippen LogP contribution is 2.25. The van der Waals surface area contributed by atoms with Crippen molar-refractivity contribution < 1.29 is 18.3 Å². The van der Waals surface area contributed by atoms with Crippen LogP contribution in [0.1, 0.15) is 12.5 Å². The van der Waals surface area contributed by atoms with Crippen LogP contribution in [0.2, 0.25) is 5.02 Å². The molecule has 0 aliphatic rings. The predicted octanol–water partition coefficient (Wildman–Crippen LogP) is 1.55. The van der Waals surface area contributed by atoms with E-state index in [1.54, 1.807) is 0 Å². The van der Waals surface area contributed by atoms with Gasteiger partial charge in [-0.2, -0.15) is 5.26 Å². The van der Waals surface area contributed by atoms with Crippen LogP contribution < -0.4 is 0 Å². The first-order valence-corrected chi connectivity index (χ1v) is 7.40. The van der Waals surface area contributed by atoms with Gasteiger partial charge in [0.2, 0.25) is 10.0 Å². The molecular weight excluding hydrogens is 304 g/mol. The molecule has 1 unspecified atom stereocenters. The van der Waals surface area contributed by atoms with Gasteiger partial charge < -0.3 is 5.11 Å². The fourth-order valence-electron chi connectivity index (χ4n) is 1.51. The Hall–Kier alpha value is -1.62. The molecule has 6 nitrogen and oxygen atoms in total. The Morgan fingerprint density at radius 1 is 1.55 bits per heavy atom. The summed E-state index contributed by atoms with van der Waals surface area (Å²) in [6.45, 7) is 1.24. The molecule has 0 spiro atoms. The molecule has 0 bridgehead atoms. The Labute approximate surface area is 122 Å². The first-order valence-electron chi connectivity index (χ1n) is 5.59. The molecule has 0 aliphatic carbocycles. The largest absolute Gasteiger partial charge is 0.481 e. The van der Waals surface area contributed by atoms with Crippen molar-refractivity contribution in [3.05, 3.63) is 28.8 Å². The molecule has 0 amide bonds. The van der Waals surface area contributed by atoms with Gasteiger partial charge in [0, 0.05) is 13.6 Å². The lowest BCUT2D eigenvalue weighted by molar-refractivity contribution is -0.141. The van der Waals surface area contributed by atoms with Crippen LogP contribution in [-0.4, -0.2) is 37.4 Å². The Balaban J connectivity index is 3.11. The minimum absolute atomic E-state index is 0.0705. The monoisotopic (exact) mass is 316 g/mol. The number of aliphatic carboxylic acids is 1. The lowest BCUT2D eigenvalue weighted by Crippen LogP contribution is -2.33. The van der Waals surface area contributed by atoms with E-state index in [0.29, 0.717) is 0 Å². The van der Waals surface area contributed by atoms with Crippen molar-refractivity contribution in [3.8, 4) is 6.07 Å². The number of nitrogens with zero attached hydrogens (tertiary/aromatic N) is 2. The number of halogens is 1. The fourth-order valence-corrected chi connectivity index (χ4v) is 3.28. The minimum atomic E-state index is -3.89. The number of benzene rings is 1. The lowest BCUT2D eigenvalue weighted by atomic mass is 10.2. The zero-order valence-electron chi connectivity index (χ0n) is 10.9. The average molecular weight is 317 g/mol. The van der Waals surface area contributed by atoms with Crippen molar-refractivity contribution in [1.29, 1.82) is 5.26 Å². The normalized spacial score (nSPS) is 12.9. The minimum Gasteiger partial charge on any atom is -0.481 e. The molecule has 1 atom stereocenters. The van der Waals surface area contributed by atoms with Crippen LogP contribution >= 0.6 is 11.6 Å². The van der Waals surface area contributed by atoms with Crippen molar-refractivity contribution in [2.75, 3.05) is 13.6 Å². The molecule has 0 heterocycles. The molecule has 108 valence electrons. The van der Waals surface area contributed by atoms with Crippen LogP contribution in [0.4, 0.5) is 0 Å². The number of carboxylic acids is 1. The summed E-state index contributed by atoms with van der Waals surface area (Å²) >= 11 is 5.86. The molecule has 1 N–H and O–H groups in total. The molecule has 0 radical (unpaired) electrons. The highest BCUT2D eigenvalue weighted by Gasteiger charge is 2.26. The van der Waals surface area contributed by atoms with Crippen molar-refractivity contribution in [2.45, 2.75) is 11.8 Å². The highest BCUT2D eigenvalue weighted by atomic mass is 35.5. The van der Waals surface area contributed by atoms with E-state index in [9.17, 15) is 13.2 Å². The van der Waals surface area contributed by atoms with Gasteiger partial charge in [0.05, 0.1) is 22.6 Å². The molecule has 1 aromatic carbocycles. The molecule has 1 rings (SSSR count). The number of rotatable bonds is 5. The SMILES string of the molecule is CC(CN(C)S(=O)(=O)c1ccc(C#N)cc1Cl)C(=O)O. The predicted molar refractivity (Wildman–Crippen MR) is 72.8 cm³/mol. The number of nitriles is 1. The Morgan fingerprint density at radius 3 is 2.60 bits per heavy atom. The number of sulfonamides is 1. The molecule has 8 heteroatoms. The van der Waals surface area contributed by atoms with Crippen LogP contribution in [0.3, 0.4) is 0 Å². The van der Waals surface area contributed by atoms with E-state index in [0.717, 1.165) is 4.31 Å². The van der Waals surface area contributed by atoms with E-state index in [1.807, 2.05) is 6.07 Å². The average Bonchev–Trinajstić information content (AvgIpc) is 2.37. The smallest absolute Gasteiger partial charge is 0.307 e. The van der Waals surface area contributed by atoms with Crippen LogP contribution in [-0.2, 0) is 14.8 Å². The van der Waals surface area contributed by atoms with Gasteiger partial charge in [-0.3, -0.25) is 4.79 Å². The molecule has 0 aliphatic heterocycles. The second kappa shape index (κ2) is 6.22. The van der Waals surface area contributed by atoms with Gasteiger partial charge in [0.25, 0.3) is 0 Å². The Morgan fingerprint density at radius 2 is 2.15 bits per heavy atom. The highest BCUT2D eigenvalue weighted by molar-refractivity contribution is 7.89. The number of hydrogen-bond donors (Lipinski definition) is 1. The molecular formula is C12H13ClN2O4S. The first kappa shape index (κ1) is 16.4. The van der Waals surface area contributed by atoms with E-state index in [-0.39, 0.29) is 22.0 Å². The summed E-state index contributed by atoms with van der Waals surface area (Å²) in [6, 6.07) is 5.68. The van der Waals surface area contributed by atoms with Crippen LogP contribution in [0, 0.1) is 17.2 Å². The Bertz CT molecular complexity index is 667. The van der Waals surface area contributed by atoms with E-state index in [1.165, 1.54) is 32.2 Å². The summed E-state index contributed by atoms with van der Waals surface area (Å²) in [5.41, 5.74) is 0.246. The Kier molecular flexibility index (Phi) is 5.11. The van der Waals surface area contributed by atoms with Crippen molar-refractivity contribution in [2.24, 2.45) is 5.92 Å². The van der Waals surface area contributed by atoms with Gasteiger partial charge in [-0.25, -0.2) is 12.7 Å². The molecule has 20 heavy (non-hydrogen) atoms. The number of carboxylic acid groups (broad SMARTS) is 1. The van der Waals surface area contributed by atoms with Crippen LogP contribution in [0.5, 0.6) is 0 Å². The van der Waals surface area contributed by atoms with Gasteiger partial charge >= 0.3 is 5.97 Å². The van der Waals surface area contributed by atoms with E-state index >= 15 is 0 Å². The molecule has 0 saturated carbocycles. The summed E-state index contributed by atoms with van der Waals surface area (Å²) in [6.07, 6.45) is 0. The van der Waals surface area contributed by atoms with Crippen LogP contribution in [0.25, 0.3) is 0 Å². The number of hydrogen-bond acceptors (Lipinski definition) is 4. The van der Waals surface area contributed by atoms with Gasteiger partial charge in [-0.05, 0) is 18.2 Å². The third-order valence-electron chi connectivity index (χ3n) is 2.70. The maximum Gasteiger partial charge on any atom is 0.307 e. The second-order valence-corrected chi connectivity index (χ2v) is 6.70. The summed E-state index contributed by atoms with van der Waals surface area (Å²) in [4.78, 5) is 10.6. The standard InChI is InChI=1S/C12H13ClN2O4S/c1-8(12(16)17)7-15(2)20(18,19)11-4-3-9(6-14)5-10(11)13/h3-5,8H,7H2,1-2H3,(H,16,17). The van der Waals surface area contributed by atoms with Gasteiger partial charge in [-0.1, -0.05) is 18.5 Å². The zero-order chi connectivity index (χ0) is 15.5. The molecule has 0 fully saturated rings. The quantitative estimate of drug-likeness (QED) is 0.888. The van der Waals surface area contributed by atoms with Gasteiger partial charge in [0.15, 0.2) is 0 Å². The third-order valence-corrected chi connectivity index (χ3v) is 5.01. The number of carbonyl (C=O) groups is 1. The maximum absolute atomic E-state index is 12.3. The first-order chi connectivity index (χ1) is 9.20. The summed E-state index contributed by atoms with van der Waals surface area (Å²) < 4.78 is 25.5. The van der Waals surface area contributed by atoms with E-state index in [2.05, 4.69) is 0 Å². The summed E-state index contributed by atoms with van der Waals surface area (Å²) in [5, 5.41) is 17.4. The molecule has 0 aromatic heterocycles. The van der Waals surface area contributed by atoms with Gasteiger partial charge in [0.1, 0.15) is 4.90 Å². The van der Waals surface area contributed by atoms with Gasteiger partial charge in [-0.15, -0.1) is 0 Å². The van der Waals surface area contributed by atoms with E-state index < -0.39 is 21.9 Å². The topological polar surface area (TPSA) is 98.5 Å². The summed E-state index contributed by atoms with van der Waals surface area (Å²) in [5.74, 6) is -1.93. The van der Waals surface area contributed by atoms with Crippen molar-refractivity contribution in [1.82, 2.24) is 4.31 Å².